The molecule has 1 aliphatic rings. The van der Waals surface area contributed by atoms with E-state index in [9.17, 15) is 9.90 Å². The van der Waals surface area contributed by atoms with E-state index in [1.165, 1.54) is 0 Å². The molecule has 134 valence electrons. The molecule has 3 rings (SSSR count). The zero-order valence-corrected chi connectivity index (χ0v) is 15.4. The molecule has 6 nitrogen and oxygen atoms in total. The van der Waals surface area contributed by atoms with Crippen LogP contribution in [0.25, 0.3) is 0 Å². The number of hydrogen-bond acceptors (Lipinski definition) is 5. The monoisotopic (exact) mass is 360 g/mol. The van der Waals surface area contributed by atoms with E-state index in [1.54, 1.807) is 29.6 Å². The largest absolute Gasteiger partial charge is 0.387 e. The first-order valence-electron chi connectivity index (χ1n) is 8.59. The average molecular weight is 360 g/mol. The maximum atomic E-state index is 12.8. The van der Waals surface area contributed by atoms with Crippen LogP contribution in [-0.2, 0) is 6.54 Å². The van der Waals surface area contributed by atoms with Gasteiger partial charge in [0.2, 0.25) is 0 Å². The van der Waals surface area contributed by atoms with E-state index in [0.29, 0.717) is 11.6 Å². The molecule has 1 aromatic heterocycles. The number of aromatic nitrogens is 3. The molecule has 1 atom stereocenters. The molecule has 1 fully saturated rings. The molecule has 0 radical (unpaired) electrons. The summed E-state index contributed by atoms with van der Waals surface area (Å²) in [4.78, 5) is 15.8. The SMILES string of the molecule is CSc1ccccc1C(=O)N1CCC(Cn2cc([C@H](C)O)nn2)CC1. The van der Waals surface area contributed by atoms with Gasteiger partial charge in [-0.2, -0.15) is 0 Å². The number of hydrogen-bond donors (Lipinski definition) is 1. The summed E-state index contributed by atoms with van der Waals surface area (Å²) in [5.74, 6) is 0.601. The van der Waals surface area contributed by atoms with E-state index < -0.39 is 6.10 Å². The van der Waals surface area contributed by atoms with Crippen molar-refractivity contribution in [1.29, 1.82) is 0 Å². The molecule has 1 N–H and O–H groups in total. The van der Waals surface area contributed by atoms with E-state index in [1.807, 2.05) is 35.4 Å². The molecule has 2 aromatic rings. The predicted octanol–water partition coefficient (Wildman–Crippen LogP) is 2.61. The van der Waals surface area contributed by atoms with Crippen molar-refractivity contribution in [2.75, 3.05) is 19.3 Å². The van der Waals surface area contributed by atoms with Crippen LogP contribution in [0.2, 0.25) is 0 Å². The number of rotatable bonds is 5. The summed E-state index contributed by atoms with van der Waals surface area (Å²) in [5, 5.41) is 17.6. The van der Waals surface area contributed by atoms with Crippen molar-refractivity contribution < 1.29 is 9.90 Å². The first-order valence-corrected chi connectivity index (χ1v) is 9.81. The number of aliphatic hydroxyl groups excluding tert-OH is 1. The minimum atomic E-state index is -0.593. The molecule has 1 aliphatic heterocycles. The third-order valence-corrected chi connectivity index (χ3v) is 5.46. The fourth-order valence-electron chi connectivity index (χ4n) is 3.17. The highest BCUT2D eigenvalue weighted by molar-refractivity contribution is 7.98. The van der Waals surface area contributed by atoms with Crippen LogP contribution in [0.3, 0.4) is 0 Å². The number of piperidine rings is 1. The van der Waals surface area contributed by atoms with Crippen LogP contribution in [-0.4, -0.2) is 50.3 Å². The van der Waals surface area contributed by atoms with Crippen LogP contribution in [0.5, 0.6) is 0 Å². The first kappa shape index (κ1) is 17.9. The van der Waals surface area contributed by atoms with Crippen molar-refractivity contribution in [2.45, 2.75) is 37.3 Å². The van der Waals surface area contributed by atoms with Crippen LogP contribution < -0.4 is 0 Å². The lowest BCUT2D eigenvalue weighted by Crippen LogP contribution is -2.39. The number of aliphatic hydroxyl groups is 1. The van der Waals surface area contributed by atoms with Crippen molar-refractivity contribution in [2.24, 2.45) is 5.92 Å². The van der Waals surface area contributed by atoms with Crippen LogP contribution in [0.4, 0.5) is 0 Å². The van der Waals surface area contributed by atoms with E-state index >= 15 is 0 Å². The van der Waals surface area contributed by atoms with Crippen molar-refractivity contribution >= 4 is 17.7 Å². The standard InChI is InChI=1S/C18H24N4O2S/c1-13(23)16-12-22(20-19-16)11-14-7-9-21(10-8-14)18(24)15-5-3-4-6-17(15)25-2/h3-6,12-14,23H,7-11H2,1-2H3/t13-/m0/s1. The Morgan fingerprint density at radius 3 is 2.72 bits per heavy atom. The summed E-state index contributed by atoms with van der Waals surface area (Å²) < 4.78 is 1.80. The fourth-order valence-corrected chi connectivity index (χ4v) is 3.76. The maximum Gasteiger partial charge on any atom is 0.254 e. The van der Waals surface area contributed by atoms with E-state index in [4.69, 9.17) is 0 Å². The van der Waals surface area contributed by atoms with Gasteiger partial charge in [-0.1, -0.05) is 17.3 Å². The second-order valence-corrected chi connectivity index (χ2v) is 7.33. The summed E-state index contributed by atoms with van der Waals surface area (Å²) in [6.07, 6.45) is 5.12. The second kappa shape index (κ2) is 8.01. The van der Waals surface area contributed by atoms with Crippen molar-refractivity contribution in [3.63, 3.8) is 0 Å². The number of amides is 1. The first-order chi connectivity index (χ1) is 12.1. The zero-order valence-electron chi connectivity index (χ0n) is 14.6. The Kier molecular flexibility index (Phi) is 5.75. The lowest BCUT2D eigenvalue weighted by molar-refractivity contribution is 0.0677. The quantitative estimate of drug-likeness (QED) is 0.830. The fraction of sp³-hybridized carbons (Fsp3) is 0.500. The van der Waals surface area contributed by atoms with Gasteiger partial charge in [-0.3, -0.25) is 9.48 Å². The maximum absolute atomic E-state index is 12.8. The van der Waals surface area contributed by atoms with Crippen LogP contribution in [0.1, 0.15) is 41.9 Å². The van der Waals surface area contributed by atoms with Crippen molar-refractivity contribution in [3.05, 3.63) is 41.7 Å². The molecule has 1 amide bonds. The Morgan fingerprint density at radius 1 is 1.36 bits per heavy atom. The number of thioether (sulfide) groups is 1. The normalized spacial score (nSPS) is 16.8. The van der Waals surface area contributed by atoms with Crippen molar-refractivity contribution in [3.8, 4) is 0 Å². The Bertz CT molecular complexity index is 723. The summed E-state index contributed by atoms with van der Waals surface area (Å²) in [7, 11) is 0. The molecule has 7 heteroatoms. The molecular formula is C18H24N4O2S. The molecule has 0 spiro atoms. The number of carbonyl (C=O) groups is 1. The van der Waals surface area contributed by atoms with Gasteiger partial charge in [0.25, 0.3) is 5.91 Å². The molecule has 1 saturated heterocycles. The topological polar surface area (TPSA) is 71.2 Å². The van der Waals surface area contributed by atoms with Gasteiger partial charge in [-0.25, -0.2) is 0 Å². The molecule has 2 heterocycles. The van der Waals surface area contributed by atoms with Crippen LogP contribution in [0.15, 0.2) is 35.4 Å². The number of carbonyl (C=O) groups excluding carboxylic acids is 1. The van der Waals surface area contributed by atoms with E-state index in [0.717, 1.165) is 42.9 Å². The zero-order chi connectivity index (χ0) is 17.8. The minimum Gasteiger partial charge on any atom is -0.387 e. The number of benzene rings is 1. The minimum absolute atomic E-state index is 0.126. The summed E-state index contributed by atoms with van der Waals surface area (Å²) >= 11 is 1.61. The lowest BCUT2D eigenvalue weighted by Gasteiger charge is -2.32. The highest BCUT2D eigenvalue weighted by Crippen LogP contribution is 2.25. The van der Waals surface area contributed by atoms with Crippen LogP contribution >= 0.6 is 11.8 Å². The Hall–Kier alpha value is -1.86. The Morgan fingerprint density at radius 2 is 2.08 bits per heavy atom. The van der Waals surface area contributed by atoms with Gasteiger partial charge >= 0.3 is 0 Å². The molecule has 0 bridgehead atoms. The third kappa shape index (κ3) is 4.22. The third-order valence-electron chi connectivity index (χ3n) is 4.67. The number of likely N-dealkylation sites (tertiary alicyclic amines) is 1. The number of nitrogens with zero attached hydrogens (tertiary/aromatic N) is 4. The van der Waals surface area contributed by atoms with E-state index in [2.05, 4.69) is 10.3 Å². The Labute approximate surface area is 152 Å². The van der Waals surface area contributed by atoms with Gasteiger partial charge < -0.3 is 10.0 Å². The van der Waals surface area contributed by atoms with Gasteiger partial charge in [0.15, 0.2) is 0 Å². The van der Waals surface area contributed by atoms with Crippen molar-refractivity contribution in [1.82, 2.24) is 19.9 Å². The molecule has 25 heavy (non-hydrogen) atoms. The van der Waals surface area contributed by atoms with Gasteiger partial charge in [0.05, 0.1) is 17.9 Å². The lowest BCUT2D eigenvalue weighted by atomic mass is 9.96. The van der Waals surface area contributed by atoms with E-state index in [-0.39, 0.29) is 5.91 Å². The van der Waals surface area contributed by atoms with Gasteiger partial charge in [-0.05, 0) is 44.1 Å². The Balaban J connectivity index is 1.57. The molecular weight excluding hydrogens is 336 g/mol. The van der Waals surface area contributed by atoms with Gasteiger partial charge in [-0.15, -0.1) is 16.9 Å². The molecule has 0 unspecified atom stereocenters. The average Bonchev–Trinajstić information content (AvgIpc) is 3.10. The predicted molar refractivity (Wildman–Crippen MR) is 97.5 cm³/mol. The highest BCUT2D eigenvalue weighted by atomic mass is 32.2. The molecule has 1 aromatic carbocycles. The second-order valence-electron chi connectivity index (χ2n) is 6.48. The molecule has 0 saturated carbocycles. The summed E-state index contributed by atoms with van der Waals surface area (Å²) in [6, 6.07) is 7.79. The summed E-state index contributed by atoms with van der Waals surface area (Å²) in [6.45, 7) is 4.00. The molecule has 0 aliphatic carbocycles. The highest BCUT2D eigenvalue weighted by Gasteiger charge is 2.25. The smallest absolute Gasteiger partial charge is 0.254 e. The van der Waals surface area contributed by atoms with Gasteiger partial charge in [0.1, 0.15) is 5.69 Å². The summed E-state index contributed by atoms with van der Waals surface area (Å²) in [5.41, 5.74) is 1.40. The van der Waals surface area contributed by atoms with Crippen LogP contribution in [0, 0.1) is 5.92 Å². The van der Waals surface area contributed by atoms with Gasteiger partial charge in [0, 0.05) is 24.5 Å².